The number of carbonyl (C=O) groups excluding carboxylic acids is 1. The van der Waals surface area contributed by atoms with Crippen LogP contribution in [0.5, 0.6) is 0 Å². The molecular weight excluding hydrogens is 252 g/mol. The molecule has 0 bridgehead atoms. The van der Waals surface area contributed by atoms with E-state index in [0.717, 1.165) is 17.2 Å². The first kappa shape index (κ1) is 12.9. The Balaban J connectivity index is 1.92. The minimum Gasteiger partial charge on any atom is -0.398 e. The zero-order valence-electron chi connectivity index (χ0n) is 11.5. The Morgan fingerprint density at radius 3 is 2.65 bits per heavy atom. The van der Waals surface area contributed by atoms with Gasteiger partial charge in [0.05, 0.1) is 17.7 Å². The van der Waals surface area contributed by atoms with E-state index in [1.54, 1.807) is 0 Å². The van der Waals surface area contributed by atoms with E-state index < -0.39 is 0 Å². The highest BCUT2D eigenvalue weighted by Crippen LogP contribution is 2.24. The minimum absolute atomic E-state index is 0.138. The van der Waals surface area contributed by atoms with Crippen LogP contribution in [0.1, 0.15) is 23.7 Å². The molecule has 4 heteroatoms. The van der Waals surface area contributed by atoms with Gasteiger partial charge >= 0.3 is 0 Å². The normalized spacial score (nSPS) is 22.1. The third-order valence-corrected chi connectivity index (χ3v) is 3.80. The van der Waals surface area contributed by atoms with Gasteiger partial charge in [-0.15, -0.1) is 0 Å². The molecule has 1 fully saturated rings. The highest BCUT2D eigenvalue weighted by molar-refractivity contribution is 6.04. The second-order valence-corrected chi connectivity index (χ2v) is 5.60. The molecule has 4 nitrogen and oxygen atoms in total. The molecule has 2 aromatic carbocycles. The molecule has 0 spiro atoms. The molecule has 1 amide bonds. The molecule has 0 aliphatic carbocycles. The number of nitrogens with one attached hydrogen (secondary N) is 1. The SMILES string of the molecule is CC1(NC(=O)c2cc3ccccc3cc2N)CCOC1. The first-order chi connectivity index (χ1) is 9.57. The van der Waals surface area contributed by atoms with Crippen molar-refractivity contribution in [3.63, 3.8) is 0 Å². The molecule has 1 aliphatic rings. The standard InChI is InChI=1S/C16H18N2O2/c1-16(6-7-20-10-16)18-15(19)13-8-11-4-2-3-5-12(11)9-14(13)17/h2-5,8-9H,6-7,10,17H2,1H3,(H,18,19). The summed E-state index contributed by atoms with van der Waals surface area (Å²) in [6, 6.07) is 11.6. The average Bonchev–Trinajstić information content (AvgIpc) is 2.84. The fourth-order valence-corrected chi connectivity index (χ4v) is 2.56. The number of ether oxygens (including phenoxy) is 1. The smallest absolute Gasteiger partial charge is 0.253 e. The van der Waals surface area contributed by atoms with Crippen molar-refractivity contribution in [3.05, 3.63) is 42.0 Å². The Morgan fingerprint density at radius 2 is 2.00 bits per heavy atom. The van der Waals surface area contributed by atoms with Crippen molar-refractivity contribution in [2.45, 2.75) is 18.9 Å². The topological polar surface area (TPSA) is 64.4 Å². The van der Waals surface area contributed by atoms with Crippen molar-refractivity contribution >= 4 is 22.4 Å². The third-order valence-electron chi connectivity index (χ3n) is 3.80. The lowest BCUT2D eigenvalue weighted by molar-refractivity contribution is 0.0891. The monoisotopic (exact) mass is 270 g/mol. The molecular formula is C16H18N2O2. The Hall–Kier alpha value is -2.07. The molecule has 20 heavy (non-hydrogen) atoms. The van der Waals surface area contributed by atoms with E-state index in [-0.39, 0.29) is 11.4 Å². The maximum absolute atomic E-state index is 12.4. The molecule has 104 valence electrons. The Bertz CT molecular complexity index is 661. The first-order valence-corrected chi connectivity index (χ1v) is 6.76. The highest BCUT2D eigenvalue weighted by Gasteiger charge is 2.31. The molecule has 0 aromatic heterocycles. The van der Waals surface area contributed by atoms with Crippen LogP contribution in [0.15, 0.2) is 36.4 Å². The Kier molecular flexibility index (Phi) is 3.10. The summed E-state index contributed by atoms with van der Waals surface area (Å²) in [5, 5.41) is 5.09. The average molecular weight is 270 g/mol. The number of anilines is 1. The number of rotatable bonds is 2. The molecule has 1 aliphatic heterocycles. The summed E-state index contributed by atoms with van der Waals surface area (Å²) < 4.78 is 5.35. The van der Waals surface area contributed by atoms with Crippen molar-refractivity contribution in [3.8, 4) is 0 Å². The van der Waals surface area contributed by atoms with Gasteiger partial charge in [-0.3, -0.25) is 4.79 Å². The Labute approximate surface area is 117 Å². The van der Waals surface area contributed by atoms with Crippen molar-refractivity contribution in [1.29, 1.82) is 0 Å². The second-order valence-electron chi connectivity index (χ2n) is 5.60. The quantitative estimate of drug-likeness (QED) is 0.823. The minimum atomic E-state index is -0.296. The van der Waals surface area contributed by atoms with Crippen LogP contribution in [0.4, 0.5) is 5.69 Å². The van der Waals surface area contributed by atoms with E-state index in [1.807, 2.05) is 43.3 Å². The molecule has 1 heterocycles. The summed E-state index contributed by atoms with van der Waals surface area (Å²) in [5.74, 6) is -0.138. The van der Waals surface area contributed by atoms with Gasteiger partial charge in [-0.25, -0.2) is 0 Å². The van der Waals surface area contributed by atoms with Gasteiger partial charge in [0.15, 0.2) is 0 Å². The molecule has 0 saturated carbocycles. The summed E-state index contributed by atoms with van der Waals surface area (Å²) in [4.78, 5) is 12.4. The summed E-state index contributed by atoms with van der Waals surface area (Å²) in [5.41, 5.74) is 6.74. The second kappa shape index (κ2) is 4.80. The molecule has 1 unspecified atom stereocenters. The van der Waals surface area contributed by atoms with Gasteiger partial charge in [-0.05, 0) is 36.2 Å². The zero-order valence-corrected chi connectivity index (χ0v) is 11.5. The van der Waals surface area contributed by atoms with Crippen LogP contribution in [0.25, 0.3) is 10.8 Å². The number of amides is 1. The number of benzene rings is 2. The summed E-state index contributed by atoms with van der Waals surface area (Å²) in [6.07, 6.45) is 0.826. The van der Waals surface area contributed by atoms with Crippen LogP contribution in [0.2, 0.25) is 0 Å². The lowest BCUT2D eigenvalue weighted by Gasteiger charge is -2.24. The largest absolute Gasteiger partial charge is 0.398 e. The zero-order chi connectivity index (χ0) is 14.2. The van der Waals surface area contributed by atoms with Gasteiger partial charge < -0.3 is 15.8 Å². The van der Waals surface area contributed by atoms with Crippen molar-refractivity contribution in [2.75, 3.05) is 18.9 Å². The molecule has 3 N–H and O–H groups in total. The van der Waals surface area contributed by atoms with E-state index in [9.17, 15) is 4.79 Å². The van der Waals surface area contributed by atoms with E-state index in [1.165, 1.54) is 0 Å². The predicted octanol–water partition coefficient (Wildman–Crippen LogP) is 2.33. The number of hydrogen-bond acceptors (Lipinski definition) is 3. The molecule has 0 radical (unpaired) electrons. The number of nitrogen functional groups attached to an aromatic ring is 1. The van der Waals surface area contributed by atoms with Gasteiger partial charge in [0.1, 0.15) is 0 Å². The summed E-state index contributed by atoms with van der Waals surface area (Å²) >= 11 is 0. The maximum atomic E-state index is 12.4. The highest BCUT2D eigenvalue weighted by atomic mass is 16.5. The molecule has 1 saturated heterocycles. The lowest BCUT2D eigenvalue weighted by Crippen LogP contribution is -2.46. The van der Waals surface area contributed by atoms with Crippen LogP contribution in [0, 0.1) is 0 Å². The lowest BCUT2D eigenvalue weighted by atomic mass is 9.99. The van der Waals surface area contributed by atoms with Crippen LogP contribution in [0.3, 0.4) is 0 Å². The van der Waals surface area contributed by atoms with Crippen molar-refractivity contribution < 1.29 is 9.53 Å². The van der Waals surface area contributed by atoms with Crippen LogP contribution in [-0.2, 0) is 4.74 Å². The van der Waals surface area contributed by atoms with Crippen LogP contribution in [-0.4, -0.2) is 24.7 Å². The van der Waals surface area contributed by atoms with Crippen molar-refractivity contribution in [1.82, 2.24) is 5.32 Å². The Morgan fingerprint density at radius 1 is 1.30 bits per heavy atom. The van der Waals surface area contributed by atoms with E-state index in [4.69, 9.17) is 10.5 Å². The van der Waals surface area contributed by atoms with Crippen LogP contribution < -0.4 is 11.1 Å². The first-order valence-electron chi connectivity index (χ1n) is 6.76. The predicted molar refractivity (Wildman–Crippen MR) is 79.7 cm³/mol. The van der Waals surface area contributed by atoms with E-state index >= 15 is 0 Å². The molecule has 2 aromatic rings. The maximum Gasteiger partial charge on any atom is 0.253 e. The van der Waals surface area contributed by atoms with Gasteiger partial charge in [-0.2, -0.15) is 0 Å². The van der Waals surface area contributed by atoms with Crippen molar-refractivity contribution in [2.24, 2.45) is 0 Å². The van der Waals surface area contributed by atoms with Crippen LogP contribution >= 0.6 is 0 Å². The summed E-state index contributed by atoms with van der Waals surface area (Å²) in [7, 11) is 0. The number of carbonyl (C=O) groups is 1. The van der Waals surface area contributed by atoms with Gasteiger partial charge in [-0.1, -0.05) is 24.3 Å². The number of fused-ring (bicyclic) bond motifs is 1. The molecule has 3 rings (SSSR count). The third kappa shape index (κ3) is 2.34. The fraction of sp³-hybridized carbons (Fsp3) is 0.312. The van der Waals surface area contributed by atoms with E-state index in [0.29, 0.717) is 24.5 Å². The number of hydrogen-bond donors (Lipinski definition) is 2. The van der Waals surface area contributed by atoms with E-state index in [2.05, 4.69) is 5.32 Å². The summed E-state index contributed by atoms with van der Waals surface area (Å²) in [6.45, 7) is 3.23. The fourth-order valence-electron chi connectivity index (χ4n) is 2.56. The van der Waals surface area contributed by atoms with Gasteiger partial charge in [0, 0.05) is 12.3 Å². The number of nitrogens with two attached hydrogens (primary N) is 1. The molecule has 1 atom stereocenters. The van der Waals surface area contributed by atoms with Gasteiger partial charge in [0.25, 0.3) is 5.91 Å². The van der Waals surface area contributed by atoms with Gasteiger partial charge in [0.2, 0.25) is 0 Å².